The van der Waals surface area contributed by atoms with Crippen LogP contribution in [0.4, 0.5) is 0 Å². The summed E-state index contributed by atoms with van der Waals surface area (Å²) < 4.78 is 28.7. The molecular formula is C18H18BrClN2O3S. The Hall–Kier alpha value is -1.41. The lowest BCUT2D eigenvalue weighted by atomic mass is 10.1. The molecule has 0 bridgehead atoms. The fourth-order valence-electron chi connectivity index (χ4n) is 2.91. The number of nitrogens with zero attached hydrogens (tertiary/aromatic N) is 1. The summed E-state index contributed by atoms with van der Waals surface area (Å²) >= 11 is 9.25. The van der Waals surface area contributed by atoms with Crippen LogP contribution in [-0.2, 0) is 21.4 Å². The zero-order chi connectivity index (χ0) is 18.7. The van der Waals surface area contributed by atoms with Gasteiger partial charge in [0, 0.05) is 22.6 Å². The highest BCUT2D eigenvalue weighted by molar-refractivity contribution is 9.10. The van der Waals surface area contributed by atoms with Gasteiger partial charge in [0.15, 0.2) is 0 Å². The molecule has 3 rings (SSSR count). The van der Waals surface area contributed by atoms with Crippen molar-refractivity contribution in [3.05, 3.63) is 63.6 Å². The lowest BCUT2D eigenvalue weighted by Crippen LogP contribution is -2.52. The van der Waals surface area contributed by atoms with E-state index in [2.05, 4.69) is 21.2 Å². The fourth-order valence-corrected chi connectivity index (χ4v) is 4.90. The summed E-state index contributed by atoms with van der Waals surface area (Å²) in [5.41, 5.74) is 0.809. The molecule has 0 saturated carbocycles. The van der Waals surface area contributed by atoms with E-state index in [1.165, 1.54) is 28.6 Å². The molecule has 1 fully saturated rings. The maximum atomic E-state index is 13.3. The average Bonchev–Trinajstić information content (AvgIpc) is 2.62. The van der Waals surface area contributed by atoms with Gasteiger partial charge in [-0.25, -0.2) is 8.42 Å². The van der Waals surface area contributed by atoms with Crippen LogP contribution in [-0.4, -0.2) is 31.2 Å². The van der Waals surface area contributed by atoms with Crippen molar-refractivity contribution in [1.29, 1.82) is 0 Å². The Morgan fingerprint density at radius 3 is 2.38 bits per heavy atom. The van der Waals surface area contributed by atoms with Crippen molar-refractivity contribution in [3.63, 3.8) is 0 Å². The van der Waals surface area contributed by atoms with Gasteiger partial charge < -0.3 is 5.32 Å². The molecule has 8 heteroatoms. The first kappa shape index (κ1) is 19.4. The van der Waals surface area contributed by atoms with Crippen molar-refractivity contribution in [3.8, 4) is 0 Å². The first-order valence-corrected chi connectivity index (χ1v) is 10.8. The van der Waals surface area contributed by atoms with Crippen molar-refractivity contribution in [1.82, 2.24) is 9.62 Å². The number of carbonyl (C=O) groups excluding carboxylic acids is 1. The zero-order valence-electron chi connectivity index (χ0n) is 13.9. The summed E-state index contributed by atoms with van der Waals surface area (Å²) in [6.45, 7) is 0.693. The minimum atomic E-state index is -3.86. The van der Waals surface area contributed by atoms with Crippen LogP contribution >= 0.6 is 27.5 Å². The lowest BCUT2D eigenvalue weighted by molar-refractivity contribution is -0.126. The van der Waals surface area contributed by atoms with Crippen LogP contribution in [0.2, 0.25) is 5.02 Å². The molecule has 5 nitrogen and oxygen atoms in total. The van der Waals surface area contributed by atoms with Crippen molar-refractivity contribution >= 4 is 43.5 Å². The highest BCUT2D eigenvalue weighted by Crippen LogP contribution is 2.26. The smallest absolute Gasteiger partial charge is 0.244 e. The summed E-state index contributed by atoms with van der Waals surface area (Å²) in [5.74, 6) is -0.258. The number of nitrogens with one attached hydrogen (secondary N) is 1. The second-order valence-corrected chi connectivity index (χ2v) is 9.32. The summed E-state index contributed by atoms with van der Waals surface area (Å²) in [6, 6.07) is 12.7. The maximum absolute atomic E-state index is 13.3. The van der Waals surface area contributed by atoms with Crippen LogP contribution in [0.25, 0.3) is 0 Å². The number of amides is 1. The van der Waals surface area contributed by atoms with E-state index >= 15 is 0 Å². The standard InChI is InChI=1S/C18H18BrClN2O3S/c19-14-5-3-13(4-6-14)12-22(17-2-1-11-21-18(17)23)26(24,25)16-9-7-15(20)8-10-16/h3-10,17H,1-2,11-12H2,(H,21,23). The van der Waals surface area contributed by atoms with Gasteiger partial charge in [0.1, 0.15) is 6.04 Å². The van der Waals surface area contributed by atoms with Crippen LogP contribution in [0.5, 0.6) is 0 Å². The van der Waals surface area contributed by atoms with Gasteiger partial charge in [0.25, 0.3) is 0 Å². The monoisotopic (exact) mass is 456 g/mol. The van der Waals surface area contributed by atoms with E-state index in [-0.39, 0.29) is 17.3 Å². The highest BCUT2D eigenvalue weighted by Gasteiger charge is 2.37. The molecule has 138 valence electrons. The van der Waals surface area contributed by atoms with E-state index in [9.17, 15) is 13.2 Å². The number of hydrogen-bond donors (Lipinski definition) is 1. The van der Waals surface area contributed by atoms with Gasteiger partial charge in [0.05, 0.1) is 4.90 Å². The van der Waals surface area contributed by atoms with Crippen LogP contribution in [0.15, 0.2) is 57.9 Å². The molecule has 1 aliphatic heterocycles. The molecule has 1 amide bonds. The van der Waals surface area contributed by atoms with Gasteiger partial charge in [-0.1, -0.05) is 39.7 Å². The van der Waals surface area contributed by atoms with E-state index in [0.717, 1.165) is 16.5 Å². The van der Waals surface area contributed by atoms with Gasteiger partial charge >= 0.3 is 0 Å². The minimum absolute atomic E-state index is 0.121. The molecule has 1 atom stereocenters. The number of hydrogen-bond acceptors (Lipinski definition) is 3. The quantitative estimate of drug-likeness (QED) is 0.746. The van der Waals surface area contributed by atoms with E-state index in [0.29, 0.717) is 18.0 Å². The molecule has 1 N–H and O–H groups in total. The van der Waals surface area contributed by atoms with Crippen LogP contribution in [0.3, 0.4) is 0 Å². The third-order valence-electron chi connectivity index (χ3n) is 4.28. The minimum Gasteiger partial charge on any atom is -0.355 e. The molecule has 0 spiro atoms. The zero-order valence-corrected chi connectivity index (χ0v) is 17.0. The van der Waals surface area contributed by atoms with Gasteiger partial charge in [0.2, 0.25) is 15.9 Å². The Kier molecular flexibility index (Phi) is 6.02. The number of piperidine rings is 1. The molecular weight excluding hydrogens is 440 g/mol. The summed E-state index contributed by atoms with van der Waals surface area (Å²) in [5, 5.41) is 3.22. The molecule has 2 aromatic carbocycles. The SMILES string of the molecule is O=C1NCCCC1N(Cc1ccc(Br)cc1)S(=O)(=O)c1ccc(Cl)cc1. The Balaban J connectivity index is 1.99. The molecule has 2 aromatic rings. The highest BCUT2D eigenvalue weighted by atomic mass is 79.9. The Labute approximate surface area is 166 Å². The summed E-state index contributed by atoms with van der Waals surface area (Å²) in [7, 11) is -3.86. The van der Waals surface area contributed by atoms with Gasteiger partial charge in [-0.15, -0.1) is 0 Å². The molecule has 0 radical (unpaired) electrons. The second kappa shape index (κ2) is 8.08. The Morgan fingerprint density at radius 2 is 1.77 bits per heavy atom. The van der Waals surface area contributed by atoms with Crippen molar-refractivity contribution < 1.29 is 13.2 Å². The molecule has 1 heterocycles. The van der Waals surface area contributed by atoms with Crippen LogP contribution in [0, 0.1) is 0 Å². The maximum Gasteiger partial charge on any atom is 0.244 e. The molecule has 26 heavy (non-hydrogen) atoms. The average molecular weight is 458 g/mol. The van der Waals surface area contributed by atoms with E-state index in [1.54, 1.807) is 0 Å². The van der Waals surface area contributed by atoms with E-state index in [4.69, 9.17) is 11.6 Å². The third kappa shape index (κ3) is 4.28. The van der Waals surface area contributed by atoms with Crippen molar-refractivity contribution in [2.24, 2.45) is 0 Å². The Bertz CT molecular complexity index is 886. The van der Waals surface area contributed by atoms with E-state index < -0.39 is 16.1 Å². The number of sulfonamides is 1. The Morgan fingerprint density at radius 1 is 1.12 bits per heavy atom. The van der Waals surface area contributed by atoms with Gasteiger partial charge in [-0.05, 0) is 54.8 Å². The fraction of sp³-hybridized carbons (Fsp3) is 0.278. The van der Waals surface area contributed by atoms with Crippen molar-refractivity contribution in [2.45, 2.75) is 30.3 Å². The van der Waals surface area contributed by atoms with Gasteiger partial charge in [-0.2, -0.15) is 4.31 Å². The molecule has 0 aromatic heterocycles. The molecule has 0 aliphatic carbocycles. The third-order valence-corrected chi connectivity index (χ3v) is 6.93. The normalized spacial score (nSPS) is 18.0. The number of carbonyl (C=O) groups is 1. The summed E-state index contributed by atoms with van der Waals surface area (Å²) in [6.07, 6.45) is 1.23. The number of rotatable bonds is 5. The van der Waals surface area contributed by atoms with Crippen LogP contribution < -0.4 is 5.32 Å². The molecule has 1 unspecified atom stereocenters. The second-order valence-electron chi connectivity index (χ2n) is 6.08. The number of halogens is 2. The van der Waals surface area contributed by atoms with E-state index in [1.807, 2.05) is 24.3 Å². The summed E-state index contributed by atoms with van der Waals surface area (Å²) in [4.78, 5) is 12.5. The molecule has 1 saturated heterocycles. The predicted molar refractivity (Wildman–Crippen MR) is 104 cm³/mol. The van der Waals surface area contributed by atoms with Gasteiger partial charge in [-0.3, -0.25) is 4.79 Å². The van der Waals surface area contributed by atoms with Crippen LogP contribution in [0.1, 0.15) is 18.4 Å². The van der Waals surface area contributed by atoms with Crippen molar-refractivity contribution in [2.75, 3.05) is 6.54 Å². The predicted octanol–water partition coefficient (Wildman–Crippen LogP) is 3.57. The first-order chi connectivity index (χ1) is 12.4. The largest absolute Gasteiger partial charge is 0.355 e. The topological polar surface area (TPSA) is 66.5 Å². The lowest BCUT2D eigenvalue weighted by Gasteiger charge is -2.32. The first-order valence-electron chi connectivity index (χ1n) is 8.17. The molecule has 1 aliphatic rings. The number of benzene rings is 2.